The average Bonchev–Trinajstić information content (AvgIpc) is 3.04. The Hall–Kier alpha value is -2.29. The number of halogens is 1. The summed E-state index contributed by atoms with van der Waals surface area (Å²) in [5, 5.41) is 4.01. The fourth-order valence-electron chi connectivity index (χ4n) is 2.46. The Kier molecular flexibility index (Phi) is 5.20. The van der Waals surface area contributed by atoms with Crippen molar-refractivity contribution in [1.29, 1.82) is 0 Å². The van der Waals surface area contributed by atoms with Crippen molar-refractivity contribution >= 4 is 60.3 Å². The molecule has 2 heterocycles. The number of amides is 1. The molecule has 2 aromatic carbocycles. The van der Waals surface area contributed by atoms with Crippen molar-refractivity contribution in [2.75, 3.05) is 5.32 Å². The summed E-state index contributed by atoms with van der Waals surface area (Å²) in [4.78, 5) is 25.8. The number of benzene rings is 2. The molecule has 0 bridgehead atoms. The summed E-state index contributed by atoms with van der Waals surface area (Å²) < 4.78 is 2.01. The Morgan fingerprint density at radius 2 is 2.00 bits per heavy atom. The first kappa shape index (κ1) is 18.1. The van der Waals surface area contributed by atoms with Crippen LogP contribution in [0.4, 0.5) is 5.13 Å². The molecule has 1 N–H and O–H groups in total. The van der Waals surface area contributed by atoms with Crippen molar-refractivity contribution in [3.8, 4) is 11.3 Å². The highest BCUT2D eigenvalue weighted by molar-refractivity contribution is 9.10. The number of hydrogen-bond acceptors (Lipinski definition) is 6. The summed E-state index contributed by atoms with van der Waals surface area (Å²) in [6, 6.07) is 15.8. The molecule has 0 radical (unpaired) electrons. The molecular formula is C19H13BrN4OS2. The number of carbonyl (C=O) groups excluding carboxylic acids is 1. The number of anilines is 1. The van der Waals surface area contributed by atoms with Crippen molar-refractivity contribution in [2.45, 2.75) is 17.0 Å². The van der Waals surface area contributed by atoms with Crippen LogP contribution in [-0.4, -0.2) is 20.9 Å². The van der Waals surface area contributed by atoms with Gasteiger partial charge in [-0.25, -0.2) is 15.0 Å². The minimum Gasteiger partial charge on any atom is -0.302 e. The number of carbonyl (C=O) groups is 1. The molecule has 0 aliphatic heterocycles. The maximum absolute atomic E-state index is 11.2. The fourth-order valence-corrected chi connectivity index (χ4v) is 4.71. The predicted molar refractivity (Wildman–Crippen MR) is 113 cm³/mol. The molecule has 0 saturated heterocycles. The van der Waals surface area contributed by atoms with Gasteiger partial charge in [-0.15, -0.1) is 0 Å². The Bertz CT molecular complexity index is 1150. The fraction of sp³-hybridized carbons (Fsp3) is 0.0526. The minimum atomic E-state index is -0.126. The van der Waals surface area contributed by atoms with Gasteiger partial charge in [0.1, 0.15) is 0 Å². The van der Waals surface area contributed by atoms with E-state index in [4.69, 9.17) is 0 Å². The molecule has 0 aliphatic rings. The summed E-state index contributed by atoms with van der Waals surface area (Å²) >= 11 is 6.51. The highest BCUT2D eigenvalue weighted by Gasteiger charge is 2.10. The largest absolute Gasteiger partial charge is 0.302 e. The second-order valence-electron chi connectivity index (χ2n) is 5.64. The van der Waals surface area contributed by atoms with Crippen LogP contribution in [0.2, 0.25) is 0 Å². The third-order valence-electron chi connectivity index (χ3n) is 3.64. The van der Waals surface area contributed by atoms with E-state index in [1.165, 1.54) is 30.0 Å². The monoisotopic (exact) mass is 456 g/mol. The van der Waals surface area contributed by atoms with Gasteiger partial charge in [-0.2, -0.15) is 0 Å². The van der Waals surface area contributed by atoms with Gasteiger partial charge in [0.2, 0.25) is 5.91 Å². The zero-order chi connectivity index (χ0) is 18.8. The van der Waals surface area contributed by atoms with Crippen molar-refractivity contribution in [3.63, 3.8) is 0 Å². The second-order valence-corrected chi connectivity index (χ2v) is 8.53. The Morgan fingerprint density at radius 3 is 2.81 bits per heavy atom. The molecule has 27 heavy (non-hydrogen) atoms. The summed E-state index contributed by atoms with van der Waals surface area (Å²) in [7, 11) is 0. The van der Waals surface area contributed by atoms with Gasteiger partial charge in [0.25, 0.3) is 0 Å². The minimum absolute atomic E-state index is 0.126. The lowest BCUT2D eigenvalue weighted by Gasteiger charge is -2.05. The molecular weight excluding hydrogens is 444 g/mol. The van der Waals surface area contributed by atoms with Gasteiger partial charge in [-0.1, -0.05) is 29.5 Å². The van der Waals surface area contributed by atoms with Gasteiger partial charge in [0, 0.05) is 28.1 Å². The number of aromatic nitrogens is 3. The number of fused-ring (bicyclic) bond motifs is 1. The van der Waals surface area contributed by atoms with E-state index in [0.717, 1.165) is 30.8 Å². The smallest absolute Gasteiger partial charge is 0.223 e. The average molecular weight is 457 g/mol. The SMILES string of the molecule is CC(=O)Nc1nc2ccc(-c3ccnc(Sc4ccccc4Br)n3)cc2s1. The zero-order valence-electron chi connectivity index (χ0n) is 14.1. The van der Waals surface area contributed by atoms with Crippen LogP contribution in [0.15, 0.2) is 69.3 Å². The van der Waals surface area contributed by atoms with Crippen LogP contribution < -0.4 is 5.32 Å². The van der Waals surface area contributed by atoms with Crippen molar-refractivity contribution in [1.82, 2.24) is 15.0 Å². The first-order valence-electron chi connectivity index (χ1n) is 8.02. The quantitative estimate of drug-likeness (QED) is 0.403. The molecule has 4 aromatic rings. The molecule has 5 nitrogen and oxygen atoms in total. The zero-order valence-corrected chi connectivity index (χ0v) is 17.4. The van der Waals surface area contributed by atoms with Gasteiger partial charge < -0.3 is 5.32 Å². The highest BCUT2D eigenvalue weighted by atomic mass is 79.9. The topological polar surface area (TPSA) is 67.8 Å². The number of thiazole rings is 1. The van der Waals surface area contributed by atoms with Crippen LogP contribution in [0.1, 0.15) is 6.92 Å². The standard InChI is InChI=1S/C19H13BrN4OS2/c1-11(25)22-19-24-15-7-6-12(10-17(15)27-19)14-8-9-21-18(23-14)26-16-5-3-2-4-13(16)20/h2-10H,1H3,(H,22,24,25). The van der Waals surface area contributed by atoms with E-state index in [-0.39, 0.29) is 5.91 Å². The number of hydrogen-bond donors (Lipinski definition) is 1. The third kappa shape index (κ3) is 4.18. The normalized spacial score (nSPS) is 10.9. The molecule has 0 atom stereocenters. The van der Waals surface area contributed by atoms with Gasteiger partial charge in [-0.05, 0) is 58.0 Å². The summed E-state index contributed by atoms with van der Waals surface area (Å²) in [5.74, 6) is -0.126. The lowest BCUT2D eigenvalue weighted by molar-refractivity contribution is -0.114. The number of nitrogens with zero attached hydrogens (tertiary/aromatic N) is 3. The van der Waals surface area contributed by atoms with E-state index in [2.05, 4.69) is 36.2 Å². The van der Waals surface area contributed by atoms with Gasteiger partial charge in [0.05, 0.1) is 15.9 Å². The predicted octanol–water partition coefficient (Wildman–Crippen LogP) is 5.63. The highest BCUT2D eigenvalue weighted by Crippen LogP contribution is 2.33. The van der Waals surface area contributed by atoms with E-state index < -0.39 is 0 Å². The first-order valence-corrected chi connectivity index (χ1v) is 10.4. The van der Waals surface area contributed by atoms with Crippen LogP contribution >= 0.6 is 39.0 Å². The third-order valence-corrected chi connectivity index (χ3v) is 6.48. The van der Waals surface area contributed by atoms with Crippen LogP contribution in [0.3, 0.4) is 0 Å². The van der Waals surface area contributed by atoms with Gasteiger partial charge >= 0.3 is 0 Å². The Morgan fingerprint density at radius 1 is 1.15 bits per heavy atom. The molecule has 0 spiro atoms. The van der Waals surface area contributed by atoms with E-state index in [1.807, 2.05) is 48.5 Å². The lowest BCUT2D eigenvalue weighted by atomic mass is 10.1. The van der Waals surface area contributed by atoms with E-state index in [1.54, 1.807) is 6.20 Å². The molecule has 0 aliphatic carbocycles. The van der Waals surface area contributed by atoms with Gasteiger partial charge in [-0.3, -0.25) is 4.79 Å². The van der Waals surface area contributed by atoms with Crippen LogP contribution in [0, 0.1) is 0 Å². The van der Waals surface area contributed by atoms with Crippen molar-refractivity contribution in [3.05, 3.63) is 59.2 Å². The van der Waals surface area contributed by atoms with Crippen LogP contribution in [0.25, 0.3) is 21.5 Å². The number of nitrogens with one attached hydrogen (secondary N) is 1. The van der Waals surface area contributed by atoms with E-state index >= 15 is 0 Å². The molecule has 2 aromatic heterocycles. The van der Waals surface area contributed by atoms with E-state index in [0.29, 0.717) is 10.3 Å². The summed E-state index contributed by atoms with van der Waals surface area (Å²) in [6.07, 6.45) is 1.76. The Labute approximate surface area is 172 Å². The van der Waals surface area contributed by atoms with Gasteiger partial charge in [0.15, 0.2) is 10.3 Å². The molecule has 0 unspecified atom stereocenters. The molecule has 8 heteroatoms. The summed E-state index contributed by atoms with van der Waals surface area (Å²) in [5.41, 5.74) is 2.68. The second kappa shape index (κ2) is 7.75. The van der Waals surface area contributed by atoms with Crippen molar-refractivity contribution < 1.29 is 4.79 Å². The van der Waals surface area contributed by atoms with Crippen LogP contribution in [-0.2, 0) is 4.79 Å². The molecule has 0 fully saturated rings. The molecule has 0 saturated carbocycles. The summed E-state index contributed by atoms with van der Waals surface area (Å²) in [6.45, 7) is 1.47. The first-order chi connectivity index (χ1) is 13.1. The molecule has 1 amide bonds. The van der Waals surface area contributed by atoms with Crippen molar-refractivity contribution in [2.24, 2.45) is 0 Å². The molecule has 134 valence electrons. The maximum atomic E-state index is 11.2. The number of rotatable bonds is 4. The Balaban J connectivity index is 1.65. The lowest BCUT2D eigenvalue weighted by Crippen LogP contribution is -2.04. The van der Waals surface area contributed by atoms with Crippen LogP contribution in [0.5, 0.6) is 0 Å². The molecule has 4 rings (SSSR count). The maximum Gasteiger partial charge on any atom is 0.223 e. The van der Waals surface area contributed by atoms with E-state index in [9.17, 15) is 4.79 Å².